The number of hydrogen-bond acceptors (Lipinski definition) is 6. The van der Waals surface area contributed by atoms with Crippen LogP contribution in [0, 0.1) is 11.8 Å². The number of aromatic nitrogens is 2. The summed E-state index contributed by atoms with van der Waals surface area (Å²) in [4.78, 5) is 18.6. The molecular formula is C14H16BrN3O3S. The van der Waals surface area contributed by atoms with Crippen molar-refractivity contribution in [1.82, 2.24) is 15.0 Å². The highest BCUT2D eigenvalue weighted by Gasteiger charge is 2.30. The molecule has 0 aromatic carbocycles. The Labute approximate surface area is 140 Å². The highest BCUT2D eigenvalue weighted by Crippen LogP contribution is 2.28. The van der Waals surface area contributed by atoms with E-state index in [-0.39, 0.29) is 5.92 Å². The van der Waals surface area contributed by atoms with Crippen LogP contribution in [0.3, 0.4) is 0 Å². The van der Waals surface area contributed by atoms with Gasteiger partial charge in [-0.05, 0) is 34.3 Å². The third-order valence-electron chi connectivity index (χ3n) is 3.70. The molecular weight excluding hydrogens is 370 g/mol. The van der Waals surface area contributed by atoms with Crippen LogP contribution in [0.15, 0.2) is 20.4 Å². The first-order valence-corrected chi connectivity index (χ1v) is 8.70. The van der Waals surface area contributed by atoms with Gasteiger partial charge in [-0.1, -0.05) is 12.1 Å². The largest absolute Gasteiger partial charge is 0.481 e. The summed E-state index contributed by atoms with van der Waals surface area (Å²) in [6.07, 6.45) is 0.726. The smallest absolute Gasteiger partial charge is 0.307 e. The molecule has 0 aliphatic carbocycles. The van der Waals surface area contributed by atoms with Crippen LogP contribution in [0.2, 0.25) is 0 Å². The number of likely N-dealkylation sites (tertiary alicyclic amines) is 1. The molecule has 0 bridgehead atoms. The van der Waals surface area contributed by atoms with Crippen LogP contribution < -0.4 is 0 Å². The second kappa shape index (κ2) is 6.47. The van der Waals surface area contributed by atoms with Gasteiger partial charge in [0.05, 0.1) is 17.3 Å². The van der Waals surface area contributed by atoms with Gasteiger partial charge in [-0.3, -0.25) is 9.69 Å². The van der Waals surface area contributed by atoms with Gasteiger partial charge in [-0.2, -0.15) is 4.98 Å². The lowest BCUT2D eigenvalue weighted by atomic mass is 9.90. The minimum atomic E-state index is -0.730. The monoisotopic (exact) mass is 385 g/mol. The van der Waals surface area contributed by atoms with E-state index in [1.54, 1.807) is 11.3 Å². The van der Waals surface area contributed by atoms with Crippen LogP contribution in [-0.2, 0) is 11.3 Å². The molecule has 2 aromatic heterocycles. The molecule has 8 heteroatoms. The summed E-state index contributed by atoms with van der Waals surface area (Å²) in [6, 6.07) is 1.95. The number of rotatable bonds is 4. The molecule has 118 valence electrons. The van der Waals surface area contributed by atoms with Gasteiger partial charge >= 0.3 is 5.97 Å². The molecule has 2 aromatic rings. The van der Waals surface area contributed by atoms with Crippen molar-refractivity contribution >= 4 is 33.2 Å². The number of halogens is 1. The Morgan fingerprint density at radius 1 is 1.59 bits per heavy atom. The van der Waals surface area contributed by atoms with E-state index in [1.165, 1.54) is 0 Å². The number of nitrogens with zero attached hydrogens (tertiary/aromatic N) is 3. The molecule has 3 heterocycles. The lowest BCUT2D eigenvalue weighted by molar-refractivity contribution is -0.144. The van der Waals surface area contributed by atoms with E-state index in [4.69, 9.17) is 4.52 Å². The van der Waals surface area contributed by atoms with Gasteiger partial charge in [0.1, 0.15) is 0 Å². The zero-order chi connectivity index (χ0) is 15.7. The molecule has 1 saturated heterocycles. The summed E-state index contributed by atoms with van der Waals surface area (Å²) in [5.41, 5.74) is 0. The molecule has 3 rings (SSSR count). The van der Waals surface area contributed by atoms with Crippen molar-refractivity contribution in [1.29, 1.82) is 0 Å². The summed E-state index contributed by atoms with van der Waals surface area (Å²) >= 11 is 4.95. The lowest BCUT2D eigenvalue weighted by Crippen LogP contribution is -2.42. The number of carbonyl (C=O) groups is 1. The second-order valence-corrected chi connectivity index (χ2v) is 7.54. The molecule has 1 aliphatic rings. The maximum Gasteiger partial charge on any atom is 0.307 e. The Morgan fingerprint density at radius 2 is 2.41 bits per heavy atom. The molecule has 1 aliphatic heterocycles. The van der Waals surface area contributed by atoms with E-state index in [1.807, 2.05) is 11.4 Å². The third-order valence-corrected chi connectivity index (χ3v) is 5.39. The molecule has 1 fully saturated rings. The summed E-state index contributed by atoms with van der Waals surface area (Å²) in [5, 5.41) is 15.2. The van der Waals surface area contributed by atoms with Crippen molar-refractivity contribution in [2.45, 2.75) is 19.9 Å². The highest BCUT2D eigenvalue weighted by atomic mass is 79.9. The maximum absolute atomic E-state index is 11.2. The predicted octanol–water partition coefficient (Wildman–Crippen LogP) is 3.10. The minimum absolute atomic E-state index is 0.320. The fourth-order valence-electron chi connectivity index (χ4n) is 2.81. The number of piperidine rings is 1. The number of aliphatic carboxylic acids is 1. The normalized spacial score (nSPS) is 22.8. The average Bonchev–Trinajstić information content (AvgIpc) is 3.07. The summed E-state index contributed by atoms with van der Waals surface area (Å²) in [6.45, 7) is 3.95. The topological polar surface area (TPSA) is 79.5 Å². The first-order valence-electron chi connectivity index (χ1n) is 7.03. The van der Waals surface area contributed by atoms with Gasteiger partial charge in [-0.25, -0.2) is 0 Å². The van der Waals surface area contributed by atoms with Gasteiger partial charge in [-0.15, -0.1) is 11.3 Å². The van der Waals surface area contributed by atoms with Gasteiger partial charge in [0.25, 0.3) is 0 Å². The molecule has 22 heavy (non-hydrogen) atoms. The van der Waals surface area contributed by atoms with E-state index in [0.29, 0.717) is 30.7 Å². The van der Waals surface area contributed by atoms with Gasteiger partial charge in [0.15, 0.2) is 0 Å². The number of thiophene rings is 1. The zero-order valence-electron chi connectivity index (χ0n) is 12.0. The molecule has 2 atom stereocenters. The Morgan fingerprint density at radius 3 is 3.09 bits per heavy atom. The number of hydrogen-bond donors (Lipinski definition) is 1. The quantitative estimate of drug-likeness (QED) is 0.870. The van der Waals surface area contributed by atoms with Crippen LogP contribution in [0.4, 0.5) is 0 Å². The van der Waals surface area contributed by atoms with Crippen LogP contribution in [0.5, 0.6) is 0 Å². The van der Waals surface area contributed by atoms with Crippen molar-refractivity contribution in [2.24, 2.45) is 11.8 Å². The van der Waals surface area contributed by atoms with Gasteiger partial charge in [0, 0.05) is 22.9 Å². The molecule has 1 N–H and O–H groups in total. The molecule has 0 amide bonds. The van der Waals surface area contributed by atoms with Gasteiger partial charge < -0.3 is 9.63 Å². The highest BCUT2D eigenvalue weighted by molar-refractivity contribution is 9.10. The maximum atomic E-state index is 11.2. The Balaban J connectivity index is 1.68. The number of carboxylic acids is 1. The van der Waals surface area contributed by atoms with E-state index in [9.17, 15) is 9.90 Å². The fourth-order valence-corrected chi connectivity index (χ4v) is 4.16. The van der Waals surface area contributed by atoms with Crippen LogP contribution in [0.1, 0.15) is 19.2 Å². The minimum Gasteiger partial charge on any atom is -0.481 e. The Kier molecular flexibility index (Phi) is 4.60. The number of carboxylic acid groups (broad SMARTS) is 1. The van der Waals surface area contributed by atoms with Crippen LogP contribution >= 0.6 is 27.3 Å². The molecule has 6 nitrogen and oxygen atoms in total. The van der Waals surface area contributed by atoms with Gasteiger partial charge in [0.2, 0.25) is 11.7 Å². The summed E-state index contributed by atoms with van der Waals surface area (Å²) in [5.74, 6) is 0.402. The molecule has 2 unspecified atom stereocenters. The van der Waals surface area contributed by atoms with Crippen molar-refractivity contribution in [3.05, 3.63) is 21.8 Å². The third kappa shape index (κ3) is 3.56. The van der Waals surface area contributed by atoms with Crippen molar-refractivity contribution in [2.75, 3.05) is 13.1 Å². The molecule has 0 radical (unpaired) electrons. The predicted molar refractivity (Wildman–Crippen MR) is 85.5 cm³/mol. The molecule has 0 spiro atoms. The summed E-state index contributed by atoms with van der Waals surface area (Å²) in [7, 11) is 0. The van der Waals surface area contributed by atoms with Crippen molar-refractivity contribution in [3.8, 4) is 10.7 Å². The average molecular weight is 386 g/mol. The second-order valence-electron chi connectivity index (χ2n) is 5.71. The first-order chi connectivity index (χ1) is 10.5. The Bertz CT molecular complexity index is 672. The van der Waals surface area contributed by atoms with E-state index < -0.39 is 5.97 Å². The standard InChI is InChI=1S/C14H16BrN3O3S/c1-8-2-9(14(19)20)5-18(4-8)6-12-16-13(17-21-12)11-3-10(15)7-22-11/h3,7-9H,2,4-6H2,1H3,(H,19,20). The van der Waals surface area contributed by atoms with Crippen molar-refractivity contribution < 1.29 is 14.4 Å². The SMILES string of the molecule is CC1CC(C(=O)O)CN(Cc2nc(-c3cc(Br)cs3)no2)C1. The van der Waals surface area contributed by atoms with E-state index in [2.05, 4.69) is 37.9 Å². The lowest BCUT2D eigenvalue weighted by Gasteiger charge is -2.33. The fraction of sp³-hybridized carbons (Fsp3) is 0.500. The first kappa shape index (κ1) is 15.6. The summed E-state index contributed by atoms with van der Waals surface area (Å²) < 4.78 is 6.30. The molecule has 0 saturated carbocycles. The van der Waals surface area contributed by atoms with E-state index >= 15 is 0 Å². The van der Waals surface area contributed by atoms with Crippen LogP contribution in [-0.4, -0.2) is 39.2 Å². The van der Waals surface area contributed by atoms with E-state index in [0.717, 1.165) is 22.3 Å². The van der Waals surface area contributed by atoms with Crippen molar-refractivity contribution in [3.63, 3.8) is 0 Å². The zero-order valence-corrected chi connectivity index (χ0v) is 14.4. The van der Waals surface area contributed by atoms with Crippen LogP contribution in [0.25, 0.3) is 10.7 Å². The Hall–Kier alpha value is -1.25.